The number of aryl methyl sites for hydroxylation is 1. The smallest absolute Gasteiger partial charge is 0.262 e. The van der Waals surface area contributed by atoms with E-state index in [2.05, 4.69) is 10.3 Å². The Morgan fingerprint density at radius 2 is 1.90 bits per heavy atom. The fraction of sp³-hybridized carbons (Fsp3) is 0.381. The van der Waals surface area contributed by atoms with Gasteiger partial charge in [-0.05, 0) is 42.5 Å². The van der Waals surface area contributed by atoms with Crippen LogP contribution in [0.1, 0.15) is 32.1 Å². The maximum absolute atomic E-state index is 13.0. The minimum atomic E-state index is -3.59. The Hall–Kier alpha value is -2.56. The molecule has 3 heterocycles. The number of carbonyl (C=O) groups is 1. The van der Waals surface area contributed by atoms with E-state index in [1.807, 2.05) is 5.38 Å². The highest BCUT2D eigenvalue weighted by Gasteiger charge is 2.25. The number of nitrogens with one attached hydrogen (secondary N) is 1. The lowest BCUT2D eigenvalue weighted by Gasteiger charge is -2.20. The van der Waals surface area contributed by atoms with Crippen LogP contribution < -0.4 is 10.9 Å². The summed E-state index contributed by atoms with van der Waals surface area (Å²) >= 11 is 1.39. The van der Waals surface area contributed by atoms with Crippen LogP contribution in [0.5, 0.6) is 0 Å². The predicted octanol–water partition coefficient (Wildman–Crippen LogP) is 3.05. The summed E-state index contributed by atoms with van der Waals surface area (Å²) < 4.78 is 28.9. The number of hydrogen-bond donors (Lipinski definition) is 1. The summed E-state index contributed by atoms with van der Waals surface area (Å²) in [6.45, 7) is 1.24. The Labute approximate surface area is 184 Å². The van der Waals surface area contributed by atoms with E-state index in [-0.39, 0.29) is 29.3 Å². The zero-order valence-electron chi connectivity index (χ0n) is 17.0. The molecule has 3 aromatic rings. The summed E-state index contributed by atoms with van der Waals surface area (Å²) in [5.41, 5.74) is 0.240. The van der Waals surface area contributed by atoms with Crippen molar-refractivity contribution in [2.75, 3.05) is 18.4 Å². The fourth-order valence-electron chi connectivity index (χ4n) is 3.66. The molecule has 1 N–H and O–H groups in total. The number of hydrogen-bond acceptors (Lipinski definition) is 6. The van der Waals surface area contributed by atoms with Gasteiger partial charge < -0.3 is 5.32 Å². The number of amides is 1. The van der Waals surface area contributed by atoms with Crippen LogP contribution in [0.25, 0.3) is 10.2 Å². The van der Waals surface area contributed by atoms with Crippen molar-refractivity contribution >= 4 is 43.2 Å². The van der Waals surface area contributed by atoms with Gasteiger partial charge in [-0.25, -0.2) is 13.4 Å². The molecule has 0 aliphatic carbocycles. The molecule has 31 heavy (non-hydrogen) atoms. The Balaban J connectivity index is 1.42. The van der Waals surface area contributed by atoms with E-state index in [4.69, 9.17) is 0 Å². The van der Waals surface area contributed by atoms with Gasteiger partial charge in [0.1, 0.15) is 4.83 Å². The number of nitrogens with zero attached hydrogens (tertiary/aromatic N) is 3. The van der Waals surface area contributed by atoms with Crippen LogP contribution in [0.2, 0.25) is 0 Å². The molecular weight excluding hydrogens is 436 g/mol. The lowest BCUT2D eigenvalue weighted by molar-refractivity contribution is -0.116. The van der Waals surface area contributed by atoms with Gasteiger partial charge >= 0.3 is 0 Å². The van der Waals surface area contributed by atoms with Crippen LogP contribution in [-0.2, 0) is 21.4 Å². The maximum atomic E-state index is 13.0. The molecule has 4 rings (SSSR count). The monoisotopic (exact) mass is 460 g/mol. The normalized spacial score (nSPS) is 15.6. The first-order chi connectivity index (χ1) is 14.9. The van der Waals surface area contributed by atoms with Crippen LogP contribution in [0.3, 0.4) is 0 Å². The first kappa shape index (κ1) is 21.7. The second kappa shape index (κ2) is 9.29. The molecule has 0 unspecified atom stereocenters. The van der Waals surface area contributed by atoms with Gasteiger partial charge in [0.2, 0.25) is 15.9 Å². The predicted molar refractivity (Wildman–Crippen MR) is 121 cm³/mol. The molecular formula is C21H24N4O4S2. The highest BCUT2D eigenvalue weighted by molar-refractivity contribution is 7.89. The van der Waals surface area contributed by atoms with Crippen molar-refractivity contribution in [1.29, 1.82) is 0 Å². The van der Waals surface area contributed by atoms with Crippen molar-refractivity contribution in [3.8, 4) is 0 Å². The Morgan fingerprint density at radius 1 is 1.13 bits per heavy atom. The van der Waals surface area contributed by atoms with Gasteiger partial charge in [-0.15, -0.1) is 11.3 Å². The molecule has 0 radical (unpaired) electrons. The summed E-state index contributed by atoms with van der Waals surface area (Å²) in [4.78, 5) is 29.9. The number of sulfonamides is 1. The molecule has 0 atom stereocenters. The number of aromatic nitrogens is 2. The molecule has 1 saturated heterocycles. The van der Waals surface area contributed by atoms with E-state index >= 15 is 0 Å². The number of fused-ring (bicyclic) bond motifs is 1. The first-order valence-electron chi connectivity index (χ1n) is 10.3. The number of thiophene rings is 1. The van der Waals surface area contributed by atoms with E-state index in [0.717, 1.165) is 25.7 Å². The highest BCUT2D eigenvalue weighted by Crippen LogP contribution is 2.23. The molecule has 10 heteroatoms. The molecule has 1 aliphatic heterocycles. The van der Waals surface area contributed by atoms with Gasteiger partial charge in [0.25, 0.3) is 5.56 Å². The lowest BCUT2D eigenvalue weighted by Crippen LogP contribution is -2.32. The maximum Gasteiger partial charge on any atom is 0.262 e. The van der Waals surface area contributed by atoms with Crippen molar-refractivity contribution in [1.82, 2.24) is 13.9 Å². The molecule has 2 aromatic heterocycles. The first-order valence-corrected chi connectivity index (χ1v) is 12.6. The average Bonchev–Trinajstić information content (AvgIpc) is 3.07. The standard InChI is InChI=1S/C21H24N4O4S2/c26-19(8-12-24-15-22-20-18(21(24)27)9-13-30-20)23-16-6-5-7-17(14-16)31(28,29)25-10-3-1-2-4-11-25/h5-7,9,13-15H,1-4,8,10-12H2,(H,23,26). The lowest BCUT2D eigenvalue weighted by atomic mass is 10.2. The third kappa shape index (κ3) is 4.86. The summed E-state index contributed by atoms with van der Waals surface area (Å²) in [7, 11) is -3.59. The SMILES string of the molecule is O=C(CCn1cnc2sccc2c1=O)Nc1cccc(S(=O)(=O)N2CCCCCC2)c1. The number of carbonyl (C=O) groups excluding carboxylic acids is 1. The van der Waals surface area contributed by atoms with Gasteiger partial charge in [0.05, 0.1) is 16.6 Å². The molecule has 1 fully saturated rings. The van der Waals surface area contributed by atoms with Crippen LogP contribution in [0.4, 0.5) is 5.69 Å². The van der Waals surface area contributed by atoms with Crippen molar-refractivity contribution in [2.45, 2.75) is 43.5 Å². The molecule has 0 spiro atoms. The third-order valence-electron chi connectivity index (χ3n) is 5.35. The quantitative estimate of drug-likeness (QED) is 0.609. The number of anilines is 1. The highest BCUT2D eigenvalue weighted by atomic mass is 32.2. The van der Waals surface area contributed by atoms with Gasteiger partial charge in [0, 0.05) is 31.7 Å². The largest absolute Gasteiger partial charge is 0.326 e. The van der Waals surface area contributed by atoms with E-state index in [1.54, 1.807) is 24.3 Å². The van der Waals surface area contributed by atoms with Crippen molar-refractivity contribution < 1.29 is 13.2 Å². The third-order valence-corrected chi connectivity index (χ3v) is 8.07. The van der Waals surface area contributed by atoms with Gasteiger partial charge in [-0.3, -0.25) is 14.2 Å². The zero-order valence-corrected chi connectivity index (χ0v) is 18.6. The van der Waals surface area contributed by atoms with Crippen molar-refractivity contribution in [3.63, 3.8) is 0 Å². The van der Waals surface area contributed by atoms with Crippen LogP contribution in [-0.4, -0.2) is 41.3 Å². The van der Waals surface area contributed by atoms with Gasteiger partial charge in [0.15, 0.2) is 0 Å². The minimum Gasteiger partial charge on any atom is -0.326 e. The molecule has 0 bridgehead atoms. The minimum absolute atomic E-state index is 0.0698. The number of rotatable bonds is 6. The number of benzene rings is 1. The van der Waals surface area contributed by atoms with Gasteiger partial charge in [-0.2, -0.15) is 4.31 Å². The summed E-state index contributed by atoms with van der Waals surface area (Å²) in [6.07, 6.45) is 5.32. The van der Waals surface area contributed by atoms with Crippen LogP contribution in [0.15, 0.2) is 51.7 Å². The van der Waals surface area contributed by atoms with Crippen molar-refractivity contribution in [3.05, 3.63) is 52.4 Å². The molecule has 0 saturated carbocycles. The van der Waals surface area contributed by atoms with E-state index in [0.29, 0.717) is 29.0 Å². The van der Waals surface area contributed by atoms with E-state index in [9.17, 15) is 18.0 Å². The molecule has 1 amide bonds. The molecule has 164 valence electrons. The second-order valence-corrected chi connectivity index (χ2v) is 10.4. The second-order valence-electron chi connectivity index (χ2n) is 7.53. The van der Waals surface area contributed by atoms with Crippen molar-refractivity contribution in [2.24, 2.45) is 0 Å². The summed E-state index contributed by atoms with van der Waals surface area (Å²) in [5, 5.41) is 5.09. The topological polar surface area (TPSA) is 101 Å². The van der Waals surface area contributed by atoms with Crippen LogP contribution in [0, 0.1) is 0 Å². The molecule has 1 aliphatic rings. The Bertz CT molecular complexity index is 1240. The van der Waals surface area contributed by atoms with Crippen LogP contribution >= 0.6 is 11.3 Å². The molecule has 1 aromatic carbocycles. The van der Waals surface area contributed by atoms with E-state index in [1.165, 1.54) is 32.6 Å². The Morgan fingerprint density at radius 3 is 2.68 bits per heavy atom. The van der Waals surface area contributed by atoms with E-state index < -0.39 is 10.0 Å². The summed E-state index contributed by atoms with van der Waals surface area (Å²) in [6, 6.07) is 8.05. The Kier molecular flexibility index (Phi) is 6.49. The fourth-order valence-corrected chi connectivity index (χ4v) is 5.95. The molecule has 8 nitrogen and oxygen atoms in total. The van der Waals surface area contributed by atoms with Gasteiger partial charge in [-0.1, -0.05) is 18.9 Å². The summed E-state index contributed by atoms with van der Waals surface area (Å²) in [5.74, 6) is -0.304. The zero-order chi connectivity index (χ0) is 21.8. The average molecular weight is 461 g/mol.